The Bertz CT molecular complexity index is 400. The van der Waals surface area contributed by atoms with Gasteiger partial charge in [0.2, 0.25) is 0 Å². The Balaban J connectivity index is 1.86. The van der Waals surface area contributed by atoms with E-state index >= 15 is 0 Å². The van der Waals surface area contributed by atoms with Gasteiger partial charge in [0, 0.05) is 31.6 Å². The lowest BCUT2D eigenvalue weighted by Gasteiger charge is -2.26. The first-order valence-corrected chi connectivity index (χ1v) is 6.27. The number of methoxy groups -OCH3 is 1. The molecule has 1 heterocycles. The summed E-state index contributed by atoms with van der Waals surface area (Å²) >= 11 is 0. The van der Waals surface area contributed by atoms with Gasteiger partial charge in [0.15, 0.2) is 5.78 Å². The largest absolute Gasteiger partial charge is 0.497 e. The molecule has 1 saturated heterocycles. The van der Waals surface area contributed by atoms with Crippen molar-refractivity contribution in [3.8, 4) is 5.75 Å². The molecule has 0 amide bonds. The molecule has 2 rings (SSSR count). The smallest absolute Gasteiger partial charge is 0.164 e. The number of nitrogens with zero attached hydrogens (tertiary/aromatic N) is 1. The van der Waals surface area contributed by atoms with Crippen LogP contribution in [0.2, 0.25) is 0 Å². The number of carbonyl (C=O) groups excluding carboxylic acids is 1. The highest BCUT2D eigenvalue weighted by atomic mass is 16.5. The standard InChI is InChI=1S/C14H19NO3/c1-17-13-4-2-3-12(11-13)14(16)5-6-15-7-9-18-10-8-15/h2-4,11H,5-10H2,1H3. The van der Waals surface area contributed by atoms with Crippen LogP contribution in [0.25, 0.3) is 0 Å². The lowest BCUT2D eigenvalue weighted by Crippen LogP contribution is -2.37. The second kappa shape index (κ2) is 6.52. The van der Waals surface area contributed by atoms with E-state index in [4.69, 9.17) is 9.47 Å². The fourth-order valence-electron chi connectivity index (χ4n) is 2.03. The van der Waals surface area contributed by atoms with E-state index in [-0.39, 0.29) is 5.78 Å². The number of hydrogen-bond donors (Lipinski definition) is 0. The second-order valence-electron chi connectivity index (χ2n) is 4.36. The zero-order valence-corrected chi connectivity index (χ0v) is 10.7. The molecular weight excluding hydrogens is 230 g/mol. The molecule has 0 saturated carbocycles. The molecule has 0 unspecified atom stereocenters. The van der Waals surface area contributed by atoms with Crippen molar-refractivity contribution in [1.29, 1.82) is 0 Å². The van der Waals surface area contributed by atoms with E-state index in [2.05, 4.69) is 4.90 Å². The molecular formula is C14H19NO3. The highest BCUT2D eigenvalue weighted by Gasteiger charge is 2.13. The Morgan fingerprint density at radius 1 is 1.39 bits per heavy atom. The molecule has 1 aromatic carbocycles. The summed E-state index contributed by atoms with van der Waals surface area (Å²) in [6.07, 6.45) is 0.549. The minimum Gasteiger partial charge on any atom is -0.497 e. The number of hydrogen-bond acceptors (Lipinski definition) is 4. The molecule has 0 aliphatic carbocycles. The van der Waals surface area contributed by atoms with Gasteiger partial charge in [0.05, 0.1) is 20.3 Å². The normalized spacial score (nSPS) is 16.5. The molecule has 0 aromatic heterocycles. The maximum absolute atomic E-state index is 12.0. The lowest BCUT2D eigenvalue weighted by atomic mass is 10.1. The summed E-state index contributed by atoms with van der Waals surface area (Å²) in [5, 5.41) is 0. The summed E-state index contributed by atoms with van der Waals surface area (Å²) in [4.78, 5) is 14.3. The third kappa shape index (κ3) is 3.55. The van der Waals surface area contributed by atoms with Gasteiger partial charge in [-0.1, -0.05) is 12.1 Å². The van der Waals surface area contributed by atoms with Crippen molar-refractivity contribution in [3.63, 3.8) is 0 Å². The van der Waals surface area contributed by atoms with Gasteiger partial charge >= 0.3 is 0 Å². The highest BCUT2D eigenvalue weighted by molar-refractivity contribution is 5.96. The molecule has 98 valence electrons. The molecule has 1 aromatic rings. The highest BCUT2D eigenvalue weighted by Crippen LogP contribution is 2.14. The molecule has 1 aliphatic rings. The van der Waals surface area contributed by atoms with Crippen LogP contribution in [0.4, 0.5) is 0 Å². The van der Waals surface area contributed by atoms with Gasteiger partial charge in [-0.3, -0.25) is 9.69 Å². The number of ketones is 1. The van der Waals surface area contributed by atoms with Crippen LogP contribution in [0, 0.1) is 0 Å². The Labute approximate surface area is 107 Å². The third-order valence-corrected chi connectivity index (χ3v) is 3.15. The average molecular weight is 249 g/mol. The van der Waals surface area contributed by atoms with E-state index in [9.17, 15) is 4.79 Å². The van der Waals surface area contributed by atoms with Crippen molar-refractivity contribution in [1.82, 2.24) is 4.90 Å². The Kier molecular flexibility index (Phi) is 4.73. The monoisotopic (exact) mass is 249 g/mol. The van der Waals surface area contributed by atoms with Crippen molar-refractivity contribution in [2.45, 2.75) is 6.42 Å². The molecule has 0 radical (unpaired) electrons. The van der Waals surface area contributed by atoms with E-state index in [1.807, 2.05) is 18.2 Å². The number of morpholine rings is 1. The number of carbonyl (C=O) groups is 1. The van der Waals surface area contributed by atoms with Gasteiger partial charge in [-0.2, -0.15) is 0 Å². The molecule has 0 N–H and O–H groups in total. The predicted octanol–water partition coefficient (Wildman–Crippen LogP) is 1.60. The summed E-state index contributed by atoms with van der Waals surface area (Å²) in [6, 6.07) is 7.32. The summed E-state index contributed by atoms with van der Waals surface area (Å²) in [5.41, 5.74) is 0.725. The van der Waals surface area contributed by atoms with Crippen LogP contribution < -0.4 is 4.74 Å². The Hall–Kier alpha value is -1.39. The first-order valence-electron chi connectivity index (χ1n) is 6.27. The molecule has 4 heteroatoms. The van der Waals surface area contributed by atoms with Crippen molar-refractivity contribution in [2.24, 2.45) is 0 Å². The van der Waals surface area contributed by atoms with Crippen LogP contribution in [0.5, 0.6) is 5.75 Å². The van der Waals surface area contributed by atoms with Crippen molar-refractivity contribution in [3.05, 3.63) is 29.8 Å². The van der Waals surface area contributed by atoms with Crippen LogP contribution in [0.3, 0.4) is 0 Å². The quantitative estimate of drug-likeness (QED) is 0.743. The van der Waals surface area contributed by atoms with Gasteiger partial charge in [0.25, 0.3) is 0 Å². The molecule has 18 heavy (non-hydrogen) atoms. The van der Waals surface area contributed by atoms with E-state index in [1.165, 1.54) is 0 Å². The van der Waals surface area contributed by atoms with Crippen LogP contribution in [0.15, 0.2) is 24.3 Å². The van der Waals surface area contributed by atoms with E-state index in [0.29, 0.717) is 6.42 Å². The number of rotatable bonds is 5. The molecule has 4 nitrogen and oxygen atoms in total. The van der Waals surface area contributed by atoms with Gasteiger partial charge in [0.1, 0.15) is 5.75 Å². The summed E-state index contributed by atoms with van der Waals surface area (Å²) in [7, 11) is 1.61. The van der Waals surface area contributed by atoms with Crippen molar-refractivity contribution < 1.29 is 14.3 Å². The maximum atomic E-state index is 12.0. The second-order valence-corrected chi connectivity index (χ2v) is 4.36. The molecule has 1 aliphatic heterocycles. The van der Waals surface area contributed by atoms with Crippen molar-refractivity contribution in [2.75, 3.05) is 40.0 Å². The van der Waals surface area contributed by atoms with Crippen molar-refractivity contribution >= 4 is 5.78 Å². The zero-order valence-electron chi connectivity index (χ0n) is 10.7. The first-order chi connectivity index (χ1) is 8.79. The van der Waals surface area contributed by atoms with E-state index < -0.39 is 0 Å². The fraction of sp³-hybridized carbons (Fsp3) is 0.500. The van der Waals surface area contributed by atoms with Crippen LogP contribution in [0.1, 0.15) is 16.8 Å². The summed E-state index contributed by atoms with van der Waals surface area (Å²) in [6.45, 7) is 4.19. The average Bonchev–Trinajstić information content (AvgIpc) is 2.46. The number of Topliss-reactive ketones (excluding diaryl/α,β-unsaturated/α-hetero) is 1. The molecule has 0 atom stereocenters. The number of ether oxygens (including phenoxy) is 2. The van der Waals surface area contributed by atoms with Gasteiger partial charge in [-0.15, -0.1) is 0 Å². The van der Waals surface area contributed by atoms with E-state index in [1.54, 1.807) is 13.2 Å². The molecule has 0 spiro atoms. The third-order valence-electron chi connectivity index (χ3n) is 3.15. The predicted molar refractivity (Wildman–Crippen MR) is 69.2 cm³/mol. The van der Waals surface area contributed by atoms with Gasteiger partial charge < -0.3 is 9.47 Å². The number of benzene rings is 1. The van der Waals surface area contributed by atoms with Gasteiger partial charge in [-0.05, 0) is 12.1 Å². The molecule has 0 bridgehead atoms. The Morgan fingerprint density at radius 2 is 2.17 bits per heavy atom. The fourth-order valence-corrected chi connectivity index (χ4v) is 2.03. The SMILES string of the molecule is COc1cccc(C(=O)CCN2CCOCC2)c1. The summed E-state index contributed by atoms with van der Waals surface area (Å²) < 4.78 is 10.4. The van der Waals surface area contributed by atoms with Crippen LogP contribution in [-0.2, 0) is 4.74 Å². The summed E-state index contributed by atoms with van der Waals surface area (Å²) in [5.74, 6) is 0.896. The van der Waals surface area contributed by atoms with Crippen LogP contribution >= 0.6 is 0 Å². The minimum absolute atomic E-state index is 0.167. The maximum Gasteiger partial charge on any atom is 0.164 e. The lowest BCUT2D eigenvalue weighted by molar-refractivity contribution is 0.0370. The van der Waals surface area contributed by atoms with Gasteiger partial charge in [-0.25, -0.2) is 0 Å². The topological polar surface area (TPSA) is 38.8 Å². The minimum atomic E-state index is 0.167. The zero-order chi connectivity index (χ0) is 12.8. The van der Waals surface area contributed by atoms with E-state index in [0.717, 1.165) is 44.2 Å². The Morgan fingerprint density at radius 3 is 2.89 bits per heavy atom. The molecule has 1 fully saturated rings. The first kappa shape index (κ1) is 13.1. The van der Waals surface area contributed by atoms with Crippen LogP contribution in [-0.4, -0.2) is 50.6 Å².